The van der Waals surface area contributed by atoms with Gasteiger partial charge in [0.05, 0.1) is 30.4 Å². The van der Waals surface area contributed by atoms with Crippen molar-refractivity contribution in [1.29, 1.82) is 10.5 Å². The number of piperidine rings is 1. The van der Waals surface area contributed by atoms with E-state index in [4.69, 9.17) is 4.74 Å². The zero-order chi connectivity index (χ0) is 21.8. The van der Waals surface area contributed by atoms with Gasteiger partial charge in [-0.3, -0.25) is 0 Å². The lowest BCUT2D eigenvalue weighted by molar-refractivity contribution is 0.145. The molecular weight excluding hydrogens is 428 g/mol. The summed E-state index contributed by atoms with van der Waals surface area (Å²) in [5.41, 5.74) is 1.91. The maximum absolute atomic E-state index is 9.81. The van der Waals surface area contributed by atoms with E-state index in [0.717, 1.165) is 22.2 Å². The van der Waals surface area contributed by atoms with Crippen molar-refractivity contribution in [2.24, 2.45) is 0 Å². The number of rotatable bonds is 5. The molecule has 2 aromatic carbocycles. The summed E-state index contributed by atoms with van der Waals surface area (Å²) in [6, 6.07) is 15.2. The molecule has 0 radical (unpaired) electrons. The quantitative estimate of drug-likeness (QED) is 0.607. The van der Waals surface area contributed by atoms with Gasteiger partial charge in [0.25, 0.3) is 0 Å². The molecule has 4 rings (SSSR count). The summed E-state index contributed by atoms with van der Waals surface area (Å²) < 4.78 is 5.20. The number of hydrogen-bond donors (Lipinski definition) is 2. The molecule has 0 amide bonds. The molecule has 0 saturated carbocycles. The second-order valence-electron chi connectivity index (χ2n) is 7.46. The molecule has 164 valence electrons. The van der Waals surface area contributed by atoms with Crippen LogP contribution in [0.15, 0.2) is 36.4 Å². The summed E-state index contributed by atoms with van der Waals surface area (Å²) in [5, 5.41) is 42.3. The first-order chi connectivity index (χ1) is 15.1. The average molecular weight is 451 g/mol. The van der Waals surface area contributed by atoms with Crippen molar-refractivity contribution >= 4 is 34.8 Å². The van der Waals surface area contributed by atoms with Gasteiger partial charge in [0.2, 0.25) is 0 Å². The average Bonchev–Trinajstić information content (AvgIpc) is 2.82. The molecule has 1 saturated heterocycles. The zero-order valence-electron chi connectivity index (χ0n) is 17.6. The van der Waals surface area contributed by atoms with Crippen LogP contribution in [-0.2, 0) is 6.54 Å². The van der Waals surface area contributed by atoms with Gasteiger partial charge >= 0.3 is 0 Å². The van der Waals surface area contributed by atoms with E-state index >= 15 is 0 Å². The largest absolute Gasteiger partial charge is 0.495 e. The van der Waals surface area contributed by atoms with E-state index in [1.807, 2.05) is 18.2 Å². The Morgan fingerprint density at radius 3 is 2.56 bits per heavy atom. The van der Waals surface area contributed by atoms with Gasteiger partial charge in [-0.15, -0.1) is 22.6 Å². The second-order valence-corrected chi connectivity index (χ2v) is 7.46. The Balaban J connectivity index is 0.00000289. The summed E-state index contributed by atoms with van der Waals surface area (Å²) in [6.45, 7) is 1.86. The molecule has 0 aliphatic carbocycles. The van der Waals surface area contributed by atoms with Crippen LogP contribution < -0.4 is 15.0 Å². The van der Waals surface area contributed by atoms with Crippen LogP contribution in [0.2, 0.25) is 0 Å². The Labute approximate surface area is 192 Å². The number of fused-ring (bicyclic) bond motifs is 1. The van der Waals surface area contributed by atoms with Crippen LogP contribution in [0.3, 0.4) is 0 Å². The maximum Gasteiger partial charge on any atom is 0.159 e. The number of nitrogens with zero attached hydrogens (tertiary/aromatic N) is 5. The van der Waals surface area contributed by atoms with Crippen LogP contribution in [0, 0.1) is 22.7 Å². The highest BCUT2D eigenvalue weighted by Crippen LogP contribution is 2.31. The van der Waals surface area contributed by atoms with Crippen LogP contribution in [0.5, 0.6) is 5.75 Å². The molecule has 0 atom stereocenters. The molecule has 32 heavy (non-hydrogen) atoms. The van der Waals surface area contributed by atoms with Gasteiger partial charge < -0.3 is 20.1 Å². The summed E-state index contributed by atoms with van der Waals surface area (Å²) in [5.74, 6) is 1.86. The monoisotopic (exact) mass is 450 g/mol. The number of hydrogen-bond acceptors (Lipinski definition) is 8. The van der Waals surface area contributed by atoms with Gasteiger partial charge in [-0.2, -0.15) is 10.5 Å². The highest BCUT2D eigenvalue weighted by molar-refractivity contribution is 5.99. The van der Waals surface area contributed by atoms with Crippen molar-refractivity contribution in [3.8, 4) is 17.9 Å². The Morgan fingerprint density at radius 2 is 1.88 bits per heavy atom. The van der Waals surface area contributed by atoms with Gasteiger partial charge in [-0.25, -0.2) is 0 Å². The molecule has 2 heterocycles. The number of aliphatic hydroxyl groups is 1. The van der Waals surface area contributed by atoms with E-state index in [1.165, 1.54) is 7.11 Å². The van der Waals surface area contributed by atoms with E-state index in [-0.39, 0.29) is 18.5 Å². The number of benzene rings is 2. The highest BCUT2D eigenvalue weighted by atomic mass is 35.5. The van der Waals surface area contributed by atoms with Crippen molar-refractivity contribution in [1.82, 2.24) is 10.2 Å². The summed E-state index contributed by atoms with van der Waals surface area (Å²) in [7, 11) is 1.53. The van der Waals surface area contributed by atoms with Crippen LogP contribution >= 0.6 is 12.4 Å². The van der Waals surface area contributed by atoms with Crippen molar-refractivity contribution in [3.63, 3.8) is 0 Å². The third-order valence-electron chi connectivity index (χ3n) is 5.50. The molecular formula is C23H23ClN6O2. The highest BCUT2D eigenvalue weighted by Gasteiger charge is 2.21. The van der Waals surface area contributed by atoms with Crippen molar-refractivity contribution in [2.75, 3.05) is 30.4 Å². The topological polar surface area (TPSA) is 118 Å². The molecule has 9 heteroatoms. The van der Waals surface area contributed by atoms with Crippen LogP contribution in [-0.4, -0.2) is 41.6 Å². The fourth-order valence-corrected chi connectivity index (χ4v) is 3.79. The number of halogens is 1. The third kappa shape index (κ3) is 4.67. The van der Waals surface area contributed by atoms with Gasteiger partial charge in [0, 0.05) is 30.4 Å². The first kappa shape index (κ1) is 23.1. The number of ether oxygens (including phenoxy) is 1. The SMILES string of the molecule is COc1ccc(CNc2nnc(N3CCC(O)CC3)c3ccc(C#N)cc23)cc1C#N.Cl. The Hall–Kier alpha value is -3.59. The van der Waals surface area contributed by atoms with Gasteiger partial charge in [-0.05, 0) is 48.7 Å². The molecule has 0 spiro atoms. The number of nitrogens with one attached hydrogen (secondary N) is 1. The summed E-state index contributed by atoms with van der Waals surface area (Å²) >= 11 is 0. The first-order valence-corrected chi connectivity index (χ1v) is 10.1. The molecule has 0 bridgehead atoms. The predicted molar refractivity (Wildman–Crippen MR) is 124 cm³/mol. The summed E-state index contributed by atoms with van der Waals surface area (Å²) in [6.07, 6.45) is 1.11. The molecule has 1 aliphatic heterocycles. The molecule has 1 aliphatic rings. The number of anilines is 2. The van der Waals surface area contributed by atoms with Crippen LogP contribution in [0.4, 0.5) is 11.6 Å². The van der Waals surface area contributed by atoms with E-state index < -0.39 is 0 Å². The molecule has 8 nitrogen and oxygen atoms in total. The van der Waals surface area contributed by atoms with Crippen molar-refractivity contribution < 1.29 is 9.84 Å². The van der Waals surface area contributed by atoms with Crippen LogP contribution in [0.1, 0.15) is 29.5 Å². The van der Waals surface area contributed by atoms with Gasteiger partial charge in [0.1, 0.15) is 11.8 Å². The predicted octanol–water partition coefficient (Wildman–Crippen LogP) is 3.38. The minimum atomic E-state index is -0.274. The number of nitriles is 2. The van der Waals surface area contributed by atoms with E-state index in [2.05, 4.69) is 32.6 Å². The molecule has 1 aromatic heterocycles. The standard InChI is InChI=1S/C23H22N6O2.ClH/c1-31-21-5-3-16(10-17(21)13-25)14-26-22-20-11-15(12-24)2-4-19(20)23(28-27-22)29-8-6-18(30)7-9-29;/h2-5,10-11,18,30H,6-9,14H2,1H3,(H,26,27);1H. The Kier molecular flexibility index (Phi) is 7.32. The molecule has 1 fully saturated rings. The second kappa shape index (κ2) is 10.1. The minimum Gasteiger partial charge on any atom is -0.495 e. The van der Waals surface area contributed by atoms with E-state index in [9.17, 15) is 15.6 Å². The fourth-order valence-electron chi connectivity index (χ4n) is 3.79. The van der Waals surface area contributed by atoms with Crippen molar-refractivity contribution in [3.05, 3.63) is 53.1 Å². The fraction of sp³-hybridized carbons (Fsp3) is 0.304. The molecule has 2 N–H and O–H groups in total. The van der Waals surface area contributed by atoms with E-state index in [1.54, 1.807) is 18.2 Å². The van der Waals surface area contributed by atoms with Gasteiger partial charge in [-0.1, -0.05) is 6.07 Å². The Bertz CT molecular complexity index is 1200. The first-order valence-electron chi connectivity index (χ1n) is 10.1. The normalized spacial score (nSPS) is 13.7. The van der Waals surface area contributed by atoms with Crippen LogP contribution in [0.25, 0.3) is 10.8 Å². The number of aromatic nitrogens is 2. The smallest absolute Gasteiger partial charge is 0.159 e. The lowest BCUT2D eigenvalue weighted by Gasteiger charge is -2.31. The minimum absolute atomic E-state index is 0. The Morgan fingerprint density at radius 1 is 1.09 bits per heavy atom. The maximum atomic E-state index is 9.81. The lowest BCUT2D eigenvalue weighted by atomic mass is 10.1. The van der Waals surface area contributed by atoms with Crippen molar-refractivity contribution in [2.45, 2.75) is 25.5 Å². The lowest BCUT2D eigenvalue weighted by Crippen LogP contribution is -2.36. The third-order valence-corrected chi connectivity index (χ3v) is 5.50. The molecule has 3 aromatic rings. The molecule has 0 unspecified atom stereocenters. The number of aliphatic hydroxyl groups excluding tert-OH is 1. The van der Waals surface area contributed by atoms with Gasteiger partial charge in [0.15, 0.2) is 11.6 Å². The van der Waals surface area contributed by atoms with E-state index in [0.29, 0.717) is 55.2 Å². The summed E-state index contributed by atoms with van der Waals surface area (Å²) in [4.78, 5) is 2.13. The number of methoxy groups -OCH3 is 1. The zero-order valence-corrected chi connectivity index (χ0v) is 18.4.